The van der Waals surface area contributed by atoms with E-state index in [-0.39, 0.29) is 11.7 Å². The summed E-state index contributed by atoms with van der Waals surface area (Å²) in [6, 6.07) is 13.2. The predicted octanol–water partition coefficient (Wildman–Crippen LogP) is 3.78. The second-order valence-corrected chi connectivity index (χ2v) is 6.15. The van der Waals surface area contributed by atoms with Gasteiger partial charge in [0.15, 0.2) is 0 Å². The van der Waals surface area contributed by atoms with Crippen molar-refractivity contribution in [2.45, 2.75) is 13.0 Å². The molecule has 0 fully saturated rings. The van der Waals surface area contributed by atoms with Gasteiger partial charge in [-0.2, -0.15) is 0 Å². The number of halogens is 2. The zero-order valence-electron chi connectivity index (χ0n) is 11.3. The fourth-order valence-electron chi connectivity index (χ4n) is 2.44. The Hall–Kier alpha value is -1.63. The molecule has 0 unspecified atom stereocenters. The summed E-state index contributed by atoms with van der Waals surface area (Å²) in [6.07, 6.45) is 0.402. The summed E-state index contributed by atoms with van der Waals surface area (Å²) >= 11 is 1.94. The number of nitrogens with one attached hydrogen (secondary N) is 1. The van der Waals surface area contributed by atoms with Crippen LogP contribution >= 0.6 is 22.6 Å². The Labute approximate surface area is 136 Å². The molecule has 0 spiro atoms. The van der Waals surface area contributed by atoms with E-state index >= 15 is 0 Å². The van der Waals surface area contributed by atoms with Crippen molar-refractivity contribution in [2.24, 2.45) is 0 Å². The molecule has 0 saturated carbocycles. The van der Waals surface area contributed by atoms with Crippen LogP contribution in [0.2, 0.25) is 0 Å². The Balaban J connectivity index is 1.98. The Morgan fingerprint density at radius 2 is 2.00 bits per heavy atom. The molecule has 0 atom stereocenters. The molecule has 1 N–H and O–H groups in total. The maximum absolute atomic E-state index is 13.9. The third-order valence-corrected chi connectivity index (χ3v) is 4.31. The van der Waals surface area contributed by atoms with Gasteiger partial charge in [0.2, 0.25) is 5.91 Å². The number of carbonyl (C=O) groups is 1. The summed E-state index contributed by atoms with van der Waals surface area (Å²) in [7, 11) is 0. The van der Waals surface area contributed by atoms with Crippen LogP contribution in [-0.4, -0.2) is 12.5 Å². The average Bonchev–Trinajstić information content (AvgIpc) is 2.61. The fraction of sp³-hybridized carbons (Fsp3) is 0.188. The SMILES string of the molecule is O=C1CCN(Cc2ccccc2)c2cc(F)c(I)cc2N1. The first-order valence-electron chi connectivity index (χ1n) is 6.71. The van der Waals surface area contributed by atoms with Gasteiger partial charge < -0.3 is 10.2 Å². The molecule has 1 heterocycles. The fourth-order valence-corrected chi connectivity index (χ4v) is 2.90. The van der Waals surface area contributed by atoms with Gasteiger partial charge in [-0.3, -0.25) is 4.79 Å². The van der Waals surface area contributed by atoms with Crippen LogP contribution in [-0.2, 0) is 11.3 Å². The summed E-state index contributed by atoms with van der Waals surface area (Å²) in [5.41, 5.74) is 2.55. The molecule has 5 heteroatoms. The second kappa shape index (κ2) is 6.01. The lowest BCUT2D eigenvalue weighted by molar-refractivity contribution is -0.115. The van der Waals surface area contributed by atoms with E-state index in [0.717, 1.165) is 11.3 Å². The van der Waals surface area contributed by atoms with E-state index in [1.165, 1.54) is 6.07 Å². The lowest BCUT2D eigenvalue weighted by atomic mass is 10.2. The lowest BCUT2D eigenvalue weighted by Gasteiger charge is -2.24. The van der Waals surface area contributed by atoms with Gasteiger partial charge in [-0.25, -0.2) is 4.39 Å². The van der Waals surface area contributed by atoms with Gasteiger partial charge >= 0.3 is 0 Å². The molecule has 0 radical (unpaired) electrons. The number of carbonyl (C=O) groups excluding carboxylic acids is 1. The van der Waals surface area contributed by atoms with Crippen molar-refractivity contribution < 1.29 is 9.18 Å². The molecule has 2 aromatic rings. The first-order chi connectivity index (χ1) is 10.1. The van der Waals surface area contributed by atoms with E-state index in [4.69, 9.17) is 0 Å². The number of hydrogen-bond acceptors (Lipinski definition) is 2. The Kier molecular flexibility index (Phi) is 4.10. The van der Waals surface area contributed by atoms with Crippen molar-refractivity contribution in [1.29, 1.82) is 0 Å². The zero-order chi connectivity index (χ0) is 14.8. The highest BCUT2D eigenvalue weighted by Gasteiger charge is 2.21. The molecular formula is C16H14FIN2O. The van der Waals surface area contributed by atoms with Crippen molar-refractivity contribution in [3.63, 3.8) is 0 Å². The van der Waals surface area contributed by atoms with Crippen molar-refractivity contribution in [3.05, 3.63) is 57.4 Å². The number of benzene rings is 2. The Morgan fingerprint density at radius 3 is 2.76 bits per heavy atom. The smallest absolute Gasteiger partial charge is 0.226 e. The highest BCUT2D eigenvalue weighted by atomic mass is 127. The zero-order valence-corrected chi connectivity index (χ0v) is 13.4. The molecule has 1 aliphatic rings. The monoisotopic (exact) mass is 396 g/mol. The molecule has 0 aliphatic carbocycles. The van der Waals surface area contributed by atoms with Crippen LogP contribution in [0.15, 0.2) is 42.5 Å². The van der Waals surface area contributed by atoms with E-state index < -0.39 is 0 Å². The summed E-state index contributed by atoms with van der Waals surface area (Å²) < 4.78 is 14.4. The largest absolute Gasteiger partial charge is 0.365 e. The van der Waals surface area contributed by atoms with Gasteiger partial charge in [0.25, 0.3) is 0 Å². The number of amides is 1. The summed E-state index contributed by atoms with van der Waals surface area (Å²) in [4.78, 5) is 13.8. The highest BCUT2D eigenvalue weighted by Crippen LogP contribution is 2.33. The van der Waals surface area contributed by atoms with Crippen LogP contribution in [0.3, 0.4) is 0 Å². The maximum atomic E-state index is 13.9. The number of rotatable bonds is 2. The van der Waals surface area contributed by atoms with Crippen LogP contribution in [0.5, 0.6) is 0 Å². The molecule has 0 saturated heterocycles. The first-order valence-corrected chi connectivity index (χ1v) is 7.79. The predicted molar refractivity (Wildman–Crippen MR) is 89.9 cm³/mol. The van der Waals surface area contributed by atoms with Gasteiger partial charge in [-0.05, 0) is 34.2 Å². The molecule has 108 valence electrons. The molecule has 21 heavy (non-hydrogen) atoms. The topological polar surface area (TPSA) is 32.3 Å². The Bertz CT molecular complexity index is 675. The Morgan fingerprint density at radius 1 is 1.24 bits per heavy atom. The highest BCUT2D eigenvalue weighted by molar-refractivity contribution is 14.1. The summed E-state index contributed by atoms with van der Waals surface area (Å²) in [5.74, 6) is -0.294. The molecule has 2 aromatic carbocycles. The molecule has 3 rings (SSSR count). The normalized spacial score (nSPS) is 14.4. The molecule has 1 aliphatic heterocycles. The third kappa shape index (κ3) is 3.18. The molecule has 0 bridgehead atoms. The van der Waals surface area contributed by atoms with E-state index in [0.29, 0.717) is 28.8 Å². The second-order valence-electron chi connectivity index (χ2n) is 4.99. The van der Waals surface area contributed by atoms with Crippen LogP contribution in [0.1, 0.15) is 12.0 Å². The molecule has 0 aromatic heterocycles. The van der Waals surface area contributed by atoms with Gasteiger partial charge in [0.1, 0.15) is 5.82 Å². The first kappa shape index (κ1) is 14.3. The van der Waals surface area contributed by atoms with Crippen molar-refractivity contribution >= 4 is 39.9 Å². The van der Waals surface area contributed by atoms with Crippen molar-refractivity contribution in [3.8, 4) is 0 Å². The lowest BCUT2D eigenvalue weighted by Crippen LogP contribution is -2.24. The van der Waals surface area contributed by atoms with E-state index in [2.05, 4.69) is 5.32 Å². The minimum atomic E-state index is -0.261. The number of nitrogens with zero attached hydrogens (tertiary/aromatic N) is 1. The van der Waals surface area contributed by atoms with Crippen molar-refractivity contribution in [1.82, 2.24) is 0 Å². The van der Waals surface area contributed by atoms with Gasteiger partial charge in [0.05, 0.1) is 14.9 Å². The third-order valence-electron chi connectivity index (χ3n) is 3.48. The van der Waals surface area contributed by atoms with Crippen LogP contribution in [0.25, 0.3) is 0 Å². The van der Waals surface area contributed by atoms with Crippen LogP contribution < -0.4 is 10.2 Å². The van der Waals surface area contributed by atoms with Crippen LogP contribution in [0.4, 0.5) is 15.8 Å². The van der Waals surface area contributed by atoms with E-state index in [1.807, 2.05) is 57.8 Å². The standard InChI is InChI=1S/C16H14FIN2O/c17-12-8-15-14(9-13(12)18)19-16(21)6-7-20(15)10-11-4-2-1-3-5-11/h1-5,8-9H,6-7,10H2,(H,19,21). The minimum Gasteiger partial charge on any atom is -0.365 e. The molecule has 1 amide bonds. The molecular weight excluding hydrogens is 382 g/mol. The summed E-state index contributed by atoms with van der Waals surface area (Å²) in [5, 5.41) is 2.85. The summed E-state index contributed by atoms with van der Waals surface area (Å²) in [6.45, 7) is 1.23. The maximum Gasteiger partial charge on any atom is 0.226 e. The minimum absolute atomic E-state index is 0.0331. The number of fused-ring (bicyclic) bond motifs is 1. The number of hydrogen-bond donors (Lipinski definition) is 1. The number of anilines is 2. The quantitative estimate of drug-likeness (QED) is 0.784. The van der Waals surface area contributed by atoms with E-state index in [1.54, 1.807) is 6.07 Å². The van der Waals surface area contributed by atoms with Crippen molar-refractivity contribution in [2.75, 3.05) is 16.8 Å². The van der Waals surface area contributed by atoms with Gasteiger partial charge in [0, 0.05) is 25.6 Å². The van der Waals surface area contributed by atoms with Crippen LogP contribution in [0, 0.1) is 9.39 Å². The van der Waals surface area contributed by atoms with Gasteiger partial charge in [-0.15, -0.1) is 0 Å². The van der Waals surface area contributed by atoms with Gasteiger partial charge in [-0.1, -0.05) is 30.3 Å². The average molecular weight is 396 g/mol. The van der Waals surface area contributed by atoms with E-state index in [9.17, 15) is 9.18 Å². The molecule has 3 nitrogen and oxygen atoms in total.